The number of carbonyl (C=O) groups is 2. The van der Waals surface area contributed by atoms with Crippen LogP contribution in [-0.4, -0.2) is 49.8 Å². The van der Waals surface area contributed by atoms with Gasteiger partial charge in [-0.05, 0) is 24.6 Å². The Morgan fingerprint density at radius 2 is 2.00 bits per heavy atom. The molecule has 0 aliphatic carbocycles. The Bertz CT molecular complexity index is 1150. The standard InChI is InChI=1S/C20H20FN7O3/c1-11-18(29)24-15-16(19(30)31)25-20(26-17(15)27(11)2)22-7-13-8-23-28(10-13)9-12-3-5-14(21)6-4-12/h3-6,8,10-11H,7,9H2,1-2H3,(H,24,29)(H,30,31)(H,22,25,26). The van der Waals surface area contributed by atoms with Crippen LogP contribution in [0.4, 0.5) is 21.8 Å². The van der Waals surface area contributed by atoms with Crippen molar-refractivity contribution in [1.29, 1.82) is 0 Å². The van der Waals surface area contributed by atoms with Crippen LogP contribution >= 0.6 is 0 Å². The maximum atomic E-state index is 13.0. The largest absolute Gasteiger partial charge is 0.476 e. The molecule has 3 heterocycles. The summed E-state index contributed by atoms with van der Waals surface area (Å²) in [5, 5.41) is 19.4. The van der Waals surface area contributed by atoms with Crippen LogP contribution < -0.4 is 15.5 Å². The summed E-state index contributed by atoms with van der Waals surface area (Å²) in [6.07, 6.45) is 3.49. The Hall–Kier alpha value is -4.02. The number of carboxylic acids is 1. The van der Waals surface area contributed by atoms with Gasteiger partial charge in [-0.25, -0.2) is 14.2 Å². The molecule has 1 aromatic carbocycles. The highest BCUT2D eigenvalue weighted by Crippen LogP contribution is 2.32. The van der Waals surface area contributed by atoms with E-state index in [4.69, 9.17) is 0 Å². The predicted molar refractivity (Wildman–Crippen MR) is 111 cm³/mol. The van der Waals surface area contributed by atoms with Crippen LogP contribution in [0.1, 0.15) is 28.5 Å². The van der Waals surface area contributed by atoms with Gasteiger partial charge in [0.1, 0.15) is 17.5 Å². The van der Waals surface area contributed by atoms with Crippen LogP contribution in [0.5, 0.6) is 0 Å². The molecule has 1 aliphatic heterocycles. The molecule has 0 saturated heterocycles. The second-order valence-electron chi connectivity index (χ2n) is 7.20. The monoisotopic (exact) mass is 425 g/mol. The van der Waals surface area contributed by atoms with Gasteiger partial charge in [-0.3, -0.25) is 9.48 Å². The number of aromatic nitrogens is 4. The van der Waals surface area contributed by atoms with Gasteiger partial charge in [0.15, 0.2) is 11.5 Å². The van der Waals surface area contributed by atoms with E-state index in [1.165, 1.54) is 12.1 Å². The Morgan fingerprint density at radius 3 is 2.71 bits per heavy atom. The molecule has 0 bridgehead atoms. The molecule has 1 atom stereocenters. The van der Waals surface area contributed by atoms with Crippen LogP contribution in [0.25, 0.3) is 0 Å². The minimum Gasteiger partial charge on any atom is -0.476 e. The summed E-state index contributed by atoms with van der Waals surface area (Å²) < 4.78 is 14.8. The van der Waals surface area contributed by atoms with Crippen LogP contribution in [0.3, 0.4) is 0 Å². The van der Waals surface area contributed by atoms with Crippen molar-refractivity contribution in [2.24, 2.45) is 0 Å². The molecule has 4 rings (SSSR count). The first-order valence-electron chi connectivity index (χ1n) is 9.50. The van der Waals surface area contributed by atoms with Crippen LogP contribution in [0, 0.1) is 5.82 Å². The minimum absolute atomic E-state index is 0.0794. The third-order valence-electron chi connectivity index (χ3n) is 5.03. The van der Waals surface area contributed by atoms with Crippen LogP contribution in [0.15, 0.2) is 36.7 Å². The summed E-state index contributed by atoms with van der Waals surface area (Å²) in [4.78, 5) is 33.8. The van der Waals surface area contributed by atoms with Crippen molar-refractivity contribution in [1.82, 2.24) is 19.7 Å². The maximum Gasteiger partial charge on any atom is 0.356 e. The van der Waals surface area contributed by atoms with Gasteiger partial charge in [-0.15, -0.1) is 0 Å². The first-order valence-corrected chi connectivity index (χ1v) is 9.50. The molecule has 0 radical (unpaired) electrons. The molecular formula is C20H20FN7O3. The van der Waals surface area contributed by atoms with Gasteiger partial charge in [-0.1, -0.05) is 12.1 Å². The van der Waals surface area contributed by atoms with Gasteiger partial charge in [0.2, 0.25) is 11.9 Å². The highest BCUT2D eigenvalue weighted by molar-refractivity contribution is 6.08. The Morgan fingerprint density at radius 1 is 1.26 bits per heavy atom. The fourth-order valence-electron chi connectivity index (χ4n) is 3.18. The van der Waals surface area contributed by atoms with Crippen molar-refractivity contribution < 1.29 is 19.1 Å². The Kier molecular flexibility index (Phi) is 5.24. The number of carboxylic acid groups (broad SMARTS) is 1. The maximum absolute atomic E-state index is 13.0. The molecule has 2 aromatic heterocycles. The normalized spacial score (nSPS) is 15.4. The van der Waals surface area contributed by atoms with Gasteiger partial charge in [-0.2, -0.15) is 10.1 Å². The van der Waals surface area contributed by atoms with E-state index in [-0.39, 0.29) is 29.1 Å². The topological polar surface area (TPSA) is 125 Å². The summed E-state index contributed by atoms with van der Waals surface area (Å²) in [6, 6.07) is 5.69. The van der Waals surface area contributed by atoms with Crippen LogP contribution in [0.2, 0.25) is 0 Å². The predicted octanol–water partition coefficient (Wildman–Crippen LogP) is 1.95. The third-order valence-corrected chi connectivity index (χ3v) is 5.03. The number of nitrogens with one attached hydrogen (secondary N) is 2. The molecule has 1 amide bonds. The smallest absolute Gasteiger partial charge is 0.356 e. The summed E-state index contributed by atoms with van der Waals surface area (Å²) in [7, 11) is 1.67. The van der Waals surface area contributed by atoms with Crippen molar-refractivity contribution in [2.75, 3.05) is 22.6 Å². The van der Waals surface area contributed by atoms with E-state index >= 15 is 0 Å². The van der Waals surface area contributed by atoms with E-state index in [1.807, 2.05) is 6.20 Å². The first-order chi connectivity index (χ1) is 14.8. The summed E-state index contributed by atoms with van der Waals surface area (Å²) >= 11 is 0. The molecule has 11 heteroatoms. The number of amides is 1. The molecule has 1 unspecified atom stereocenters. The quantitative estimate of drug-likeness (QED) is 0.547. The van der Waals surface area contributed by atoms with Gasteiger partial charge >= 0.3 is 5.97 Å². The van der Waals surface area contributed by atoms with E-state index in [0.717, 1.165) is 11.1 Å². The fraction of sp³-hybridized carbons (Fsp3) is 0.250. The number of hydrogen-bond acceptors (Lipinski definition) is 7. The third kappa shape index (κ3) is 4.15. The highest BCUT2D eigenvalue weighted by atomic mass is 19.1. The summed E-state index contributed by atoms with van der Waals surface area (Å²) in [5.41, 5.74) is 1.53. The highest BCUT2D eigenvalue weighted by Gasteiger charge is 2.33. The average molecular weight is 425 g/mol. The average Bonchev–Trinajstić information content (AvgIpc) is 3.19. The lowest BCUT2D eigenvalue weighted by atomic mass is 10.1. The number of benzene rings is 1. The van der Waals surface area contributed by atoms with Gasteiger partial charge < -0.3 is 20.6 Å². The second kappa shape index (κ2) is 8.01. The second-order valence-corrected chi connectivity index (χ2v) is 7.20. The zero-order valence-corrected chi connectivity index (χ0v) is 16.8. The number of fused-ring (bicyclic) bond motifs is 1. The number of hydrogen-bond donors (Lipinski definition) is 3. The van der Waals surface area contributed by atoms with Gasteiger partial charge in [0.05, 0.1) is 12.7 Å². The number of anilines is 3. The van der Waals surface area contributed by atoms with E-state index in [9.17, 15) is 19.1 Å². The van der Waals surface area contributed by atoms with E-state index in [1.54, 1.807) is 41.9 Å². The molecule has 1 aliphatic rings. The molecule has 3 N–H and O–H groups in total. The molecule has 0 fully saturated rings. The SMILES string of the molecule is CC1C(=O)Nc2c(C(=O)O)nc(NCc3cnn(Cc4ccc(F)cc4)c3)nc2N1C. The molecule has 0 spiro atoms. The summed E-state index contributed by atoms with van der Waals surface area (Å²) in [6.45, 7) is 2.50. The van der Waals surface area contributed by atoms with Crippen molar-refractivity contribution in [3.05, 3.63) is 59.3 Å². The lowest BCUT2D eigenvalue weighted by Crippen LogP contribution is -2.45. The van der Waals surface area contributed by atoms with Crippen molar-refractivity contribution in [3.8, 4) is 0 Å². The molecular weight excluding hydrogens is 405 g/mol. The number of aromatic carboxylic acids is 1. The van der Waals surface area contributed by atoms with Gasteiger partial charge in [0.25, 0.3) is 0 Å². The fourth-order valence-corrected chi connectivity index (χ4v) is 3.18. The number of nitrogens with zero attached hydrogens (tertiary/aromatic N) is 5. The number of likely N-dealkylation sites (N-methyl/N-ethyl adjacent to an activating group) is 1. The molecule has 0 saturated carbocycles. The summed E-state index contributed by atoms with van der Waals surface area (Å²) in [5.74, 6) is -1.43. The molecule has 160 valence electrons. The van der Waals surface area contributed by atoms with Crippen molar-refractivity contribution >= 4 is 29.3 Å². The first kappa shape index (κ1) is 20.3. The van der Waals surface area contributed by atoms with Crippen molar-refractivity contribution in [2.45, 2.75) is 26.1 Å². The number of rotatable bonds is 6. The van der Waals surface area contributed by atoms with E-state index in [0.29, 0.717) is 18.9 Å². The lowest BCUT2D eigenvalue weighted by molar-refractivity contribution is -0.117. The minimum atomic E-state index is -1.27. The number of carbonyl (C=O) groups excluding carboxylic acids is 1. The molecule has 3 aromatic rings. The van der Waals surface area contributed by atoms with E-state index in [2.05, 4.69) is 25.7 Å². The number of halogens is 1. The van der Waals surface area contributed by atoms with Crippen LogP contribution in [-0.2, 0) is 17.9 Å². The zero-order chi connectivity index (χ0) is 22.1. The molecule has 31 heavy (non-hydrogen) atoms. The Balaban J connectivity index is 1.51. The van der Waals surface area contributed by atoms with Gasteiger partial charge in [0, 0.05) is 25.4 Å². The Labute approximate surface area is 176 Å². The zero-order valence-electron chi connectivity index (χ0n) is 16.8. The van der Waals surface area contributed by atoms with Crippen molar-refractivity contribution in [3.63, 3.8) is 0 Å². The lowest BCUT2D eigenvalue weighted by Gasteiger charge is -2.32. The van der Waals surface area contributed by atoms with E-state index < -0.39 is 12.0 Å². The molecule has 10 nitrogen and oxygen atoms in total.